The van der Waals surface area contributed by atoms with E-state index in [1.807, 2.05) is 0 Å². The number of esters is 1. The summed E-state index contributed by atoms with van der Waals surface area (Å²) in [7, 11) is 1.19. The zero-order valence-electron chi connectivity index (χ0n) is 7.90. The third-order valence-corrected chi connectivity index (χ3v) is 1.81. The second-order valence-electron chi connectivity index (χ2n) is 2.75. The lowest BCUT2D eigenvalue weighted by molar-refractivity contribution is 0.0594. The number of phenolic OH excluding ortho intramolecular Hbond substituents is 1. The van der Waals surface area contributed by atoms with Crippen LogP contribution < -0.4 is 0 Å². The lowest BCUT2D eigenvalue weighted by atomic mass is 10.0. The van der Waals surface area contributed by atoms with Gasteiger partial charge in [0, 0.05) is 5.56 Å². The van der Waals surface area contributed by atoms with Gasteiger partial charge < -0.3 is 9.84 Å². The summed E-state index contributed by atoms with van der Waals surface area (Å²) in [5.74, 6) is -1.25. The van der Waals surface area contributed by atoms with E-state index in [0.717, 1.165) is 0 Å². The number of Topliss-reactive ketones (excluding diaryl/α,β-unsaturated/α-hetero) is 1. The molecule has 0 saturated heterocycles. The van der Waals surface area contributed by atoms with E-state index < -0.39 is 5.97 Å². The van der Waals surface area contributed by atoms with Gasteiger partial charge in [-0.3, -0.25) is 4.79 Å². The summed E-state index contributed by atoms with van der Waals surface area (Å²) in [5, 5.41) is 9.39. The van der Waals surface area contributed by atoms with Gasteiger partial charge in [0.05, 0.1) is 7.11 Å². The lowest BCUT2D eigenvalue weighted by Gasteiger charge is -2.06. The first kappa shape index (κ1) is 10.2. The van der Waals surface area contributed by atoms with Crippen LogP contribution in [0.1, 0.15) is 27.6 Å². The van der Waals surface area contributed by atoms with E-state index in [1.54, 1.807) is 0 Å². The van der Waals surface area contributed by atoms with Crippen LogP contribution in [0.15, 0.2) is 18.2 Å². The molecule has 0 atom stereocenters. The first-order chi connectivity index (χ1) is 6.57. The van der Waals surface area contributed by atoms with Gasteiger partial charge in [0.25, 0.3) is 0 Å². The van der Waals surface area contributed by atoms with Crippen molar-refractivity contribution < 1.29 is 19.4 Å². The Bertz CT molecular complexity index is 382. The van der Waals surface area contributed by atoms with Gasteiger partial charge in [-0.15, -0.1) is 0 Å². The van der Waals surface area contributed by atoms with Crippen molar-refractivity contribution >= 4 is 11.8 Å². The first-order valence-electron chi connectivity index (χ1n) is 3.99. The average molecular weight is 194 g/mol. The topological polar surface area (TPSA) is 63.6 Å². The molecule has 74 valence electrons. The fraction of sp³-hybridized carbons (Fsp3) is 0.200. The molecule has 4 nitrogen and oxygen atoms in total. The number of carbonyl (C=O) groups excluding carboxylic acids is 2. The Hall–Kier alpha value is -1.84. The first-order valence-corrected chi connectivity index (χ1v) is 3.99. The summed E-state index contributed by atoms with van der Waals surface area (Å²) in [5.41, 5.74) is 0.0827. The Morgan fingerprint density at radius 1 is 1.36 bits per heavy atom. The molecule has 0 aliphatic heterocycles. The van der Waals surface area contributed by atoms with Gasteiger partial charge in [-0.25, -0.2) is 4.79 Å². The van der Waals surface area contributed by atoms with Crippen LogP contribution in [0.2, 0.25) is 0 Å². The van der Waals surface area contributed by atoms with Crippen LogP contribution in [0.25, 0.3) is 0 Å². The Labute approximate surface area is 81.1 Å². The van der Waals surface area contributed by atoms with Crippen molar-refractivity contribution in [3.8, 4) is 5.75 Å². The summed E-state index contributed by atoms with van der Waals surface area (Å²) in [6.45, 7) is 1.32. The number of phenols is 1. The Morgan fingerprint density at radius 3 is 2.50 bits per heavy atom. The molecule has 0 amide bonds. The maximum atomic E-state index is 11.2. The molecule has 0 heterocycles. The molecule has 0 unspecified atom stereocenters. The Balaban J connectivity index is 3.36. The fourth-order valence-electron chi connectivity index (χ4n) is 1.15. The highest BCUT2D eigenvalue weighted by Crippen LogP contribution is 2.22. The van der Waals surface area contributed by atoms with Gasteiger partial charge >= 0.3 is 5.97 Å². The summed E-state index contributed by atoms with van der Waals surface area (Å²) < 4.78 is 4.46. The second-order valence-corrected chi connectivity index (χ2v) is 2.75. The van der Waals surface area contributed by atoms with Crippen LogP contribution in [-0.2, 0) is 4.74 Å². The van der Waals surface area contributed by atoms with Crippen molar-refractivity contribution in [1.82, 2.24) is 0 Å². The minimum Gasteiger partial charge on any atom is -0.507 e. The molecule has 0 saturated carbocycles. The van der Waals surface area contributed by atoms with E-state index in [-0.39, 0.29) is 22.7 Å². The summed E-state index contributed by atoms with van der Waals surface area (Å²) in [6.07, 6.45) is 0. The van der Waals surface area contributed by atoms with Crippen molar-refractivity contribution in [2.75, 3.05) is 7.11 Å². The summed E-state index contributed by atoms with van der Waals surface area (Å²) >= 11 is 0. The third kappa shape index (κ3) is 1.74. The molecule has 0 aromatic heterocycles. The smallest absolute Gasteiger partial charge is 0.342 e. The maximum Gasteiger partial charge on any atom is 0.342 e. The van der Waals surface area contributed by atoms with E-state index in [4.69, 9.17) is 0 Å². The second kappa shape index (κ2) is 3.91. The van der Waals surface area contributed by atoms with Gasteiger partial charge in [0.15, 0.2) is 5.78 Å². The number of hydrogen-bond acceptors (Lipinski definition) is 4. The molecule has 4 heteroatoms. The zero-order chi connectivity index (χ0) is 10.7. The van der Waals surface area contributed by atoms with Gasteiger partial charge in [0.1, 0.15) is 11.3 Å². The standard InChI is InChI=1S/C10H10O4/c1-6(11)7-4-3-5-8(12)9(7)10(13)14-2/h3-5,12H,1-2H3. The molecule has 14 heavy (non-hydrogen) atoms. The van der Waals surface area contributed by atoms with E-state index >= 15 is 0 Å². The molecule has 1 N–H and O–H groups in total. The summed E-state index contributed by atoms with van der Waals surface area (Å²) in [4.78, 5) is 22.3. The van der Waals surface area contributed by atoms with Crippen LogP contribution in [0.3, 0.4) is 0 Å². The van der Waals surface area contributed by atoms with Crippen LogP contribution in [0.5, 0.6) is 5.75 Å². The van der Waals surface area contributed by atoms with Crippen molar-refractivity contribution in [1.29, 1.82) is 0 Å². The van der Waals surface area contributed by atoms with Crippen molar-refractivity contribution in [3.63, 3.8) is 0 Å². The summed E-state index contributed by atoms with van der Waals surface area (Å²) in [6, 6.07) is 4.30. The zero-order valence-corrected chi connectivity index (χ0v) is 7.90. The molecule has 1 aromatic carbocycles. The normalized spacial score (nSPS) is 9.57. The molecule has 0 spiro atoms. The minimum absolute atomic E-state index is 0.0810. The van der Waals surface area contributed by atoms with Crippen molar-refractivity contribution in [3.05, 3.63) is 29.3 Å². The molecular weight excluding hydrogens is 184 g/mol. The number of ether oxygens (including phenoxy) is 1. The fourth-order valence-corrected chi connectivity index (χ4v) is 1.15. The van der Waals surface area contributed by atoms with E-state index in [0.29, 0.717) is 0 Å². The highest BCUT2D eigenvalue weighted by atomic mass is 16.5. The van der Waals surface area contributed by atoms with Crippen molar-refractivity contribution in [2.24, 2.45) is 0 Å². The van der Waals surface area contributed by atoms with Crippen LogP contribution >= 0.6 is 0 Å². The molecule has 0 radical (unpaired) electrons. The average Bonchev–Trinajstić information content (AvgIpc) is 2.16. The lowest BCUT2D eigenvalue weighted by Crippen LogP contribution is -2.08. The monoisotopic (exact) mass is 194 g/mol. The van der Waals surface area contributed by atoms with Crippen LogP contribution in [0.4, 0.5) is 0 Å². The maximum absolute atomic E-state index is 11.2. The highest BCUT2D eigenvalue weighted by Gasteiger charge is 2.18. The van der Waals surface area contributed by atoms with E-state index in [9.17, 15) is 14.7 Å². The number of carbonyl (C=O) groups is 2. The number of aromatic hydroxyl groups is 1. The number of hydrogen-bond donors (Lipinski definition) is 1. The SMILES string of the molecule is COC(=O)c1c(O)cccc1C(C)=O. The van der Waals surface area contributed by atoms with Crippen molar-refractivity contribution in [2.45, 2.75) is 6.92 Å². The Kier molecular flexibility index (Phi) is 2.86. The van der Waals surface area contributed by atoms with Gasteiger partial charge in [-0.05, 0) is 13.0 Å². The molecule has 1 aromatic rings. The molecule has 0 bridgehead atoms. The van der Waals surface area contributed by atoms with Crippen LogP contribution in [-0.4, -0.2) is 24.0 Å². The van der Waals surface area contributed by atoms with E-state index in [1.165, 1.54) is 32.2 Å². The molecule has 0 aliphatic rings. The van der Waals surface area contributed by atoms with Gasteiger partial charge in [-0.1, -0.05) is 12.1 Å². The predicted molar refractivity (Wildman–Crippen MR) is 49.5 cm³/mol. The number of rotatable bonds is 2. The van der Waals surface area contributed by atoms with E-state index in [2.05, 4.69) is 4.74 Å². The predicted octanol–water partition coefficient (Wildman–Crippen LogP) is 1.38. The van der Waals surface area contributed by atoms with Crippen LogP contribution in [0, 0.1) is 0 Å². The molecule has 1 rings (SSSR count). The van der Waals surface area contributed by atoms with Gasteiger partial charge in [0.2, 0.25) is 0 Å². The highest BCUT2D eigenvalue weighted by molar-refractivity contribution is 6.06. The van der Waals surface area contributed by atoms with Gasteiger partial charge in [-0.2, -0.15) is 0 Å². The molecule has 0 aliphatic carbocycles. The number of ketones is 1. The quantitative estimate of drug-likeness (QED) is 0.570. The third-order valence-electron chi connectivity index (χ3n) is 1.81. The number of benzene rings is 1. The number of methoxy groups -OCH3 is 1. The Morgan fingerprint density at radius 2 is 2.00 bits per heavy atom. The minimum atomic E-state index is -0.715. The molecule has 0 fully saturated rings. The molecular formula is C10H10O4. The largest absolute Gasteiger partial charge is 0.507 e.